The molecule has 3 heteroatoms. The summed E-state index contributed by atoms with van der Waals surface area (Å²) in [6.07, 6.45) is 3.52. The van der Waals surface area contributed by atoms with Gasteiger partial charge in [0.25, 0.3) is 0 Å². The first kappa shape index (κ1) is 13.0. The minimum absolute atomic E-state index is 0. The van der Waals surface area contributed by atoms with Crippen LogP contribution in [-0.2, 0) is 0 Å². The molecule has 0 aliphatic carbocycles. The zero-order chi connectivity index (χ0) is 9.68. The highest BCUT2D eigenvalue weighted by Gasteiger charge is 2.08. The van der Waals surface area contributed by atoms with Crippen molar-refractivity contribution < 1.29 is 5.11 Å². The predicted octanol–water partition coefficient (Wildman–Crippen LogP) is 2.78. The Morgan fingerprint density at radius 1 is 1.43 bits per heavy atom. The Morgan fingerprint density at radius 3 is 2.64 bits per heavy atom. The fourth-order valence-corrected chi connectivity index (χ4v) is 1.25. The van der Waals surface area contributed by atoms with Crippen molar-refractivity contribution in [3.63, 3.8) is 0 Å². The maximum absolute atomic E-state index is 9.47. The molecule has 1 rings (SSSR count). The standard InChI is InChI=1S/C11H15NO.ClH/c1-2-3-7-10(12)9-6-4-5-8-11(9)13;/h2,4-6,8,10,13H,1,3,7,12H2;1H/t10-;/m0./s1. The van der Waals surface area contributed by atoms with Gasteiger partial charge in [-0.1, -0.05) is 24.3 Å². The van der Waals surface area contributed by atoms with Gasteiger partial charge in [-0.3, -0.25) is 0 Å². The molecule has 0 heterocycles. The van der Waals surface area contributed by atoms with Crippen molar-refractivity contribution in [1.82, 2.24) is 0 Å². The maximum atomic E-state index is 9.47. The summed E-state index contributed by atoms with van der Waals surface area (Å²) >= 11 is 0. The minimum atomic E-state index is -0.0980. The molecule has 3 N–H and O–H groups in total. The maximum Gasteiger partial charge on any atom is 0.120 e. The summed E-state index contributed by atoms with van der Waals surface area (Å²) in [4.78, 5) is 0. The van der Waals surface area contributed by atoms with Gasteiger partial charge in [0, 0.05) is 11.6 Å². The summed E-state index contributed by atoms with van der Waals surface area (Å²) in [7, 11) is 0. The predicted molar refractivity (Wildman–Crippen MR) is 61.7 cm³/mol. The number of aromatic hydroxyl groups is 1. The summed E-state index contributed by atoms with van der Waals surface area (Å²) < 4.78 is 0. The second-order valence-corrected chi connectivity index (χ2v) is 3.03. The van der Waals surface area contributed by atoms with E-state index >= 15 is 0 Å². The molecule has 14 heavy (non-hydrogen) atoms. The fraction of sp³-hybridized carbons (Fsp3) is 0.273. The van der Waals surface area contributed by atoms with Crippen LogP contribution in [0.3, 0.4) is 0 Å². The second-order valence-electron chi connectivity index (χ2n) is 3.03. The van der Waals surface area contributed by atoms with Gasteiger partial charge in [-0.05, 0) is 18.9 Å². The van der Waals surface area contributed by atoms with Crippen molar-refractivity contribution in [2.24, 2.45) is 5.73 Å². The van der Waals surface area contributed by atoms with E-state index in [0.29, 0.717) is 0 Å². The number of halogens is 1. The van der Waals surface area contributed by atoms with Gasteiger partial charge in [0.15, 0.2) is 0 Å². The summed E-state index contributed by atoms with van der Waals surface area (Å²) in [5.41, 5.74) is 6.68. The molecule has 2 nitrogen and oxygen atoms in total. The van der Waals surface area contributed by atoms with Gasteiger partial charge in [0.2, 0.25) is 0 Å². The summed E-state index contributed by atoms with van der Waals surface area (Å²) in [5, 5.41) is 9.47. The van der Waals surface area contributed by atoms with Crippen molar-refractivity contribution in [3.8, 4) is 5.75 Å². The smallest absolute Gasteiger partial charge is 0.120 e. The summed E-state index contributed by atoms with van der Waals surface area (Å²) in [5.74, 6) is 0.277. The van der Waals surface area contributed by atoms with Gasteiger partial charge in [-0.15, -0.1) is 19.0 Å². The first-order valence-electron chi connectivity index (χ1n) is 4.40. The fourth-order valence-electron chi connectivity index (χ4n) is 1.25. The number of hydrogen-bond donors (Lipinski definition) is 2. The normalized spacial score (nSPS) is 11.5. The van der Waals surface area contributed by atoms with Crippen LogP contribution in [0.25, 0.3) is 0 Å². The zero-order valence-electron chi connectivity index (χ0n) is 8.02. The van der Waals surface area contributed by atoms with Crippen LogP contribution in [0.5, 0.6) is 5.75 Å². The molecule has 1 aromatic rings. The lowest BCUT2D eigenvalue weighted by atomic mass is 10.0. The molecule has 0 unspecified atom stereocenters. The average molecular weight is 214 g/mol. The third-order valence-corrected chi connectivity index (χ3v) is 2.02. The monoisotopic (exact) mass is 213 g/mol. The van der Waals surface area contributed by atoms with Crippen molar-refractivity contribution in [1.29, 1.82) is 0 Å². The Bertz CT molecular complexity index is 288. The van der Waals surface area contributed by atoms with E-state index in [1.807, 2.05) is 18.2 Å². The Balaban J connectivity index is 0.00000169. The first-order chi connectivity index (χ1) is 6.25. The molecule has 78 valence electrons. The number of phenolic OH excluding ortho intramolecular Hbond substituents is 1. The van der Waals surface area contributed by atoms with Gasteiger partial charge in [-0.25, -0.2) is 0 Å². The molecule has 1 atom stereocenters. The van der Waals surface area contributed by atoms with Crippen LogP contribution in [0.15, 0.2) is 36.9 Å². The molecule has 0 radical (unpaired) electrons. The van der Waals surface area contributed by atoms with Gasteiger partial charge in [0.05, 0.1) is 0 Å². The highest BCUT2D eigenvalue weighted by Crippen LogP contribution is 2.24. The van der Waals surface area contributed by atoms with Crippen LogP contribution in [0.4, 0.5) is 0 Å². The molecule has 0 saturated carbocycles. The van der Waals surface area contributed by atoms with Crippen molar-refractivity contribution in [2.45, 2.75) is 18.9 Å². The van der Waals surface area contributed by atoms with Gasteiger partial charge in [0.1, 0.15) is 5.75 Å². The summed E-state index contributed by atoms with van der Waals surface area (Å²) in [6, 6.07) is 7.08. The number of nitrogens with two attached hydrogens (primary N) is 1. The van der Waals surface area contributed by atoms with Crippen molar-refractivity contribution in [3.05, 3.63) is 42.5 Å². The third kappa shape index (κ3) is 3.40. The largest absolute Gasteiger partial charge is 0.508 e. The number of rotatable bonds is 4. The van der Waals surface area contributed by atoms with E-state index in [1.165, 1.54) is 0 Å². The van der Waals surface area contributed by atoms with Crippen LogP contribution >= 0.6 is 12.4 Å². The number of allylic oxidation sites excluding steroid dienone is 1. The quantitative estimate of drug-likeness (QED) is 0.756. The van der Waals surface area contributed by atoms with E-state index in [4.69, 9.17) is 5.73 Å². The molecule has 0 aliphatic rings. The molecule has 0 aliphatic heterocycles. The molecule has 0 bridgehead atoms. The Hall–Kier alpha value is -0.990. The lowest BCUT2D eigenvalue weighted by Crippen LogP contribution is -2.09. The Morgan fingerprint density at radius 2 is 2.07 bits per heavy atom. The van der Waals surface area contributed by atoms with Gasteiger partial charge in [-0.2, -0.15) is 0 Å². The number of hydrogen-bond acceptors (Lipinski definition) is 2. The van der Waals surface area contributed by atoms with Crippen LogP contribution in [0, 0.1) is 0 Å². The van der Waals surface area contributed by atoms with E-state index < -0.39 is 0 Å². The van der Waals surface area contributed by atoms with Crippen LogP contribution in [-0.4, -0.2) is 5.11 Å². The minimum Gasteiger partial charge on any atom is -0.508 e. The van der Waals surface area contributed by atoms with Crippen LogP contribution < -0.4 is 5.73 Å². The molecule has 0 fully saturated rings. The van der Waals surface area contributed by atoms with Crippen molar-refractivity contribution >= 4 is 12.4 Å². The lowest BCUT2D eigenvalue weighted by Gasteiger charge is -2.11. The van der Waals surface area contributed by atoms with Crippen LogP contribution in [0.1, 0.15) is 24.4 Å². The van der Waals surface area contributed by atoms with E-state index in [-0.39, 0.29) is 24.2 Å². The first-order valence-corrected chi connectivity index (χ1v) is 4.40. The lowest BCUT2D eigenvalue weighted by molar-refractivity contribution is 0.459. The third-order valence-electron chi connectivity index (χ3n) is 2.02. The van der Waals surface area contributed by atoms with E-state index in [0.717, 1.165) is 18.4 Å². The number of para-hydroxylation sites is 1. The summed E-state index contributed by atoms with van der Waals surface area (Å²) in [6.45, 7) is 3.63. The molecule has 0 amide bonds. The van der Waals surface area contributed by atoms with E-state index in [1.54, 1.807) is 12.1 Å². The molecular weight excluding hydrogens is 198 g/mol. The van der Waals surface area contributed by atoms with Gasteiger partial charge < -0.3 is 10.8 Å². The number of benzene rings is 1. The average Bonchev–Trinajstić information content (AvgIpc) is 2.15. The molecule has 0 spiro atoms. The Labute approximate surface area is 90.9 Å². The SMILES string of the molecule is C=CCC[C@H](N)c1ccccc1O.Cl. The van der Waals surface area contributed by atoms with Crippen LogP contribution in [0.2, 0.25) is 0 Å². The highest BCUT2D eigenvalue weighted by atomic mass is 35.5. The van der Waals surface area contributed by atoms with Crippen molar-refractivity contribution in [2.75, 3.05) is 0 Å². The molecule has 0 aromatic heterocycles. The Kier molecular flexibility index (Phi) is 6.00. The second kappa shape index (κ2) is 6.46. The highest BCUT2D eigenvalue weighted by molar-refractivity contribution is 5.85. The topological polar surface area (TPSA) is 46.2 Å². The zero-order valence-corrected chi connectivity index (χ0v) is 8.83. The number of phenols is 1. The van der Waals surface area contributed by atoms with E-state index in [9.17, 15) is 5.11 Å². The van der Waals surface area contributed by atoms with Gasteiger partial charge >= 0.3 is 0 Å². The molecule has 0 saturated heterocycles. The molecular formula is C11H16ClNO. The molecule has 1 aromatic carbocycles. The van der Waals surface area contributed by atoms with E-state index in [2.05, 4.69) is 6.58 Å².